The lowest BCUT2D eigenvalue weighted by Gasteiger charge is -2.13. The van der Waals surface area contributed by atoms with Gasteiger partial charge in [-0.05, 0) is 30.9 Å². The minimum Gasteiger partial charge on any atom is -0.258 e. The second kappa shape index (κ2) is 6.60. The Balaban J connectivity index is 2.61. The van der Waals surface area contributed by atoms with E-state index in [1.54, 1.807) is 0 Å². The van der Waals surface area contributed by atoms with Crippen molar-refractivity contribution in [3.8, 4) is 0 Å². The molecule has 0 saturated heterocycles. The van der Waals surface area contributed by atoms with Gasteiger partial charge in [0.15, 0.2) is 0 Å². The maximum atomic E-state index is 4.66. The Hall–Kier alpha value is -0.850. The van der Waals surface area contributed by atoms with Gasteiger partial charge in [0.05, 0.1) is 0 Å². The van der Waals surface area contributed by atoms with Crippen LogP contribution in [0.5, 0.6) is 0 Å². The molecule has 84 valence electrons. The van der Waals surface area contributed by atoms with Gasteiger partial charge in [-0.15, -0.1) is 0 Å². The highest BCUT2D eigenvalue weighted by Crippen LogP contribution is 2.16. The van der Waals surface area contributed by atoms with E-state index < -0.39 is 0 Å². The number of nitrogens with zero attached hydrogens (tertiary/aromatic N) is 1. The third-order valence-corrected chi connectivity index (χ3v) is 3.00. The number of pyridine rings is 1. The zero-order chi connectivity index (χ0) is 11.1. The van der Waals surface area contributed by atoms with Crippen molar-refractivity contribution in [1.29, 1.82) is 0 Å². The van der Waals surface area contributed by atoms with Crippen LogP contribution in [0.3, 0.4) is 0 Å². The van der Waals surface area contributed by atoms with Gasteiger partial charge in [-0.1, -0.05) is 46.1 Å². The lowest BCUT2D eigenvalue weighted by Crippen LogP contribution is -2.05. The van der Waals surface area contributed by atoms with E-state index in [0.29, 0.717) is 0 Å². The van der Waals surface area contributed by atoms with E-state index in [2.05, 4.69) is 44.0 Å². The summed E-state index contributed by atoms with van der Waals surface area (Å²) in [7, 11) is 0. The second-order valence-corrected chi connectivity index (χ2v) is 4.24. The van der Waals surface area contributed by atoms with Crippen molar-refractivity contribution in [1.82, 2.24) is 4.98 Å². The average Bonchev–Trinajstić information content (AvgIpc) is 2.29. The fraction of sp³-hybridized carbons (Fsp3) is 0.643. The van der Waals surface area contributed by atoms with Gasteiger partial charge in [0, 0.05) is 11.4 Å². The normalized spacial score (nSPS) is 12.7. The molecular formula is C14H23N. The van der Waals surface area contributed by atoms with Gasteiger partial charge in [0.2, 0.25) is 0 Å². The molecule has 0 fully saturated rings. The first-order valence-electron chi connectivity index (χ1n) is 6.24. The molecule has 0 amide bonds. The van der Waals surface area contributed by atoms with Gasteiger partial charge < -0.3 is 0 Å². The predicted molar refractivity (Wildman–Crippen MR) is 66.0 cm³/mol. The number of aryl methyl sites for hydroxylation is 1. The molecule has 0 aliphatic carbocycles. The quantitative estimate of drug-likeness (QED) is 0.683. The predicted octanol–water partition coefficient (Wildman–Crippen LogP) is 4.01. The van der Waals surface area contributed by atoms with Crippen molar-refractivity contribution < 1.29 is 0 Å². The highest BCUT2D eigenvalue weighted by atomic mass is 14.7. The van der Waals surface area contributed by atoms with Gasteiger partial charge in [0.1, 0.15) is 0 Å². The molecule has 1 nitrogen and oxygen atoms in total. The van der Waals surface area contributed by atoms with Crippen molar-refractivity contribution in [2.24, 2.45) is 5.92 Å². The summed E-state index contributed by atoms with van der Waals surface area (Å²) >= 11 is 0. The van der Waals surface area contributed by atoms with Crippen LogP contribution >= 0.6 is 0 Å². The summed E-state index contributed by atoms with van der Waals surface area (Å²) in [4.78, 5) is 4.66. The fourth-order valence-corrected chi connectivity index (χ4v) is 1.99. The molecule has 0 aliphatic rings. The Morgan fingerprint density at radius 2 is 1.87 bits per heavy atom. The summed E-state index contributed by atoms with van der Waals surface area (Å²) < 4.78 is 0. The van der Waals surface area contributed by atoms with Crippen LogP contribution in [-0.2, 0) is 12.8 Å². The van der Waals surface area contributed by atoms with Crippen LogP contribution in [-0.4, -0.2) is 4.98 Å². The van der Waals surface area contributed by atoms with Gasteiger partial charge in [-0.25, -0.2) is 0 Å². The first-order valence-corrected chi connectivity index (χ1v) is 6.24. The van der Waals surface area contributed by atoms with E-state index >= 15 is 0 Å². The standard InChI is InChI=1S/C14H23N/c1-4-8-12(5-2)11-14-10-7-9-13(6-3)15-14/h7,9-10,12H,4-6,8,11H2,1-3H3. The first-order chi connectivity index (χ1) is 7.30. The smallest absolute Gasteiger partial charge is 0.0409 e. The second-order valence-electron chi connectivity index (χ2n) is 4.24. The molecule has 1 aromatic heterocycles. The molecule has 0 saturated carbocycles. The summed E-state index contributed by atoms with van der Waals surface area (Å²) in [6.07, 6.45) is 6.07. The van der Waals surface area contributed by atoms with Crippen molar-refractivity contribution in [3.63, 3.8) is 0 Å². The van der Waals surface area contributed by atoms with Crippen LogP contribution < -0.4 is 0 Å². The monoisotopic (exact) mass is 205 g/mol. The number of aromatic nitrogens is 1. The summed E-state index contributed by atoms with van der Waals surface area (Å²) in [6, 6.07) is 6.42. The summed E-state index contributed by atoms with van der Waals surface area (Å²) in [6.45, 7) is 6.71. The molecule has 0 radical (unpaired) electrons. The Bertz CT molecular complexity index is 280. The van der Waals surface area contributed by atoms with Crippen molar-refractivity contribution in [3.05, 3.63) is 29.6 Å². The van der Waals surface area contributed by atoms with E-state index in [4.69, 9.17) is 0 Å². The Morgan fingerprint density at radius 3 is 2.47 bits per heavy atom. The van der Waals surface area contributed by atoms with Crippen molar-refractivity contribution >= 4 is 0 Å². The molecule has 15 heavy (non-hydrogen) atoms. The molecule has 1 unspecified atom stereocenters. The highest BCUT2D eigenvalue weighted by Gasteiger charge is 2.07. The zero-order valence-electron chi connectivity index (χ0n) is 10.3. The van der Waals surface area contributed by atoms with E-state index in [-0.39, 0.29) is 0 Å². The van der Waals surface area contributed by atoms with Crippen LogP contribution in [0.15, 0.2) is 18.2 Å². The third-order valence-electron chi connectivity index (χ3n) is 3.00. The number of hydrogen-bond donors (Lipinski definition) is 0. The number of hydrogen-bond acceptors (Lipinski definition) is 1. The fourth-order valence-electron chi connectivity index (χ4n) is 1.99. The summed E-state index contributed by atoms with van der Waals surface area (Å²) in [5.74, 6) is 0.814. The van der Waals surface area contributed by atoms with E-state index in [1.165, 1.54) is 30.7 Å². The molecular weight excluding hydrogens is 182 g/mol. The molecule has 0 bridgehead atoms. The summed E-state index contributed by atoms with van der Waals surface area (Å²) in [5.41, 5.74) is 2.49. The maximum absolute atomic E-state index is 4.66. The van der Waals surface area contributed by atoms with Crippen LogP contribution in [0.2, 0.25) is 0 Å². The van der Waals surface area contributed by atoms with E-state index in [0.717, 1.165) is 18.8 Å². The minimum absolute atomic E-state index is 0.814. The zero-order valence-corrected chi connectivity index (χ0v) is 10.3. The Kier molecular flexibility index (Phi) is 5.38. The van der Waals surface area contributed by atoms with Crippen molar-refractivity contribution in [2.45, 2.75) is 52.9 Å². The van der Waals surface area contributed by atoms with Crippen LogP contribution in [0.4, 0.5) is 0 Å². The molecule has 1 aromatic rings. The van der Waals surface area contributed by atoms with Gasteiger partial charge in [-0.2, -0.15) is 0 Å². The lowest BCUT2D eigenvalue weighted by atomic mass is 9.95. The van der Waals surface area contributed by atoms with Gasteiger partial charge in [-0.3, -0.25) is 4.98 Å². The molecule has 1 heterocycles. The highest BCUT2D eigenvalue weighted by molar-refractivity contribution is 5.11. The maximum Gasteiger partial charge on any atom is 0.0409 e. The molecule has 1 heteroatoms. The molecule has 0 N–H and O–H groups in total. The van der Waals surface area contributed by atoms with Gasteiger partial charge in [0.25, 0.3) is 0 Å². The molecule has 0 aromatic carbocycles. The molecule has 1 atom stereocenters. The molecule has 0 spiro atoms. The van der Waals surface area contributed by atoms with Crippen molar-refractivity contribution in [2.75, 3.05) is 0 Å². The Morgan fingerprint density at radius 1 is 1.13 bits per heavy atom. The minimum atomic E-state index is 0.814. The average molecular weight is 205 g/mol. The summed E-state index contributed by atoms with van der Waals surface area (Å²) in [5, 5.41) is 0. The SMILES string of the molecule is CCCC(CC)Cc1cccc(CC)n1. The van der Waals surface area contributed by atoms with Crippen LogP contribution in [0.25, 0.3) is 0 Å². The van der Waals surface area contributed by atoms with Gasteiger partial charge >= 0.3 is 0 Å². The molecule has 1 rings (SSSR count). The largest absolute Gasteiger partial charge is 0.258 e. The number of rotatable bonds is 6. The van der Waals surface area contributed by atoms with E-state index in [9.17, 15) is 0 Å². The third kappa shape index (κ3) is 4.03. The first kappa shape index (κ1) is 12.2. The Labute approximate surface area is 93.9 Å². The molecule has 0 aliphatic heterocycles. The van der Waals surface area contributed by atoms with Crippen LogP contribution in [0, 0.1) is 5.92 Å². The topological polar surface area (TPSA) is 12.9 Å². The van der Waals surface area contributed by atoms with Crippen LogP contribution in [0.1, 0.15) is 51.4 Å². The lowest BCUT2D eigenvalue weighted by molar-refractivity contribution is 0.457. The van der Waals surface area contributed by atoms with E-state index in [1.807, 2.05) is 0 Å².